The highest BCUT2D eigenvalue weighted by molar-refractivity contribution is 5.80. The Labute approximate surface area is 99.5 Å². The van der Waals surface area contributed by atoms with Gasteiger partial charge in [-0.1, -0.05) is 13.0 Å². The fourth-order valence-corrected chi connectivity index (χ4v) is 2.20. The van der Waals surface area contributed by atoms with Gasteiger partial charge in [-0.2, -0.15) is 0 Å². The molecule has 0 atom stereocenters. The molecule has 0 radical (unpaired) electrons. The van der Waals surface area contributed by atoms with E-state index in [9.17, 15) is 0 Å². The smallest absolute Gasteiger partial charge is 0.212 e. The second-order valence-electron chi connectivity index (χ2n) is 4.30. The van der Waals surface area contributed by atoms with Crippen LogP contribution in [0.25, 0.3) is 16.8 Å². The van der Waals surface area contributed by atoms with Crippen LogP contribution in [-0.2, 0) is 12.8 Å². The van der Waals surface area contributed by atoms with E-state index in [4.69, 9.17) is 5.73 Å². The van der Waals surface area contributed by atoms with Crippen LogP contribution in [-0.4, -0.2) is 20.9 Å². The largest absolute Gasteiger partial charge is 0.330 e. The topological polar surface area (TPSA) is 59.1 Å². The molecule has 0 saturated carbocycles. The highest BCUT2D eigenvalue weighted by atomic mass is 15.1. The Bertz CT molecular complexity index is 662. The Morgan fingerprint density at radius 1 is 1.41 bits per heavy atom. The van der Waals surface area contributed by atoms with Gasteiger partial charge in [-0.25, -0.2) is 4.98 Å². The number of aryl methyl sites for hydroxylation is 1. The molecular weight excluding hydrogens is 212 g/mol. The summed E-state index contributed by atoms with van der Waals surface area (Å²) < 4.78 is 2.10. The van der Waals surface area contributed by atoms with Gasteiger partial charge in [-0.05, 0) is 30.7 Å². The number of hydrogen-bond donors (Lipinski definition) is 2. The second kappa shape index (κ2) is 3.89. The van der Waals surface area contributed by atoms with Gasteiger partial charge in [0.1, 0.15) is 0 Å². The first-order valence-corrected chi connectivity index (χ1v) is 6.00. The van der Waals surface area contributed by atoms with E-state index in [1.165, 1.54) is 5.56 Å². The maximum absolute atomic E-state index is 5.55. The maximum atomic E-state index is 5.55. The quantitative estimate of drug-likeness (QED) is 0.719. The molecule has 4 nitrogen and oxygen atoms in total. The van der Waals surface area contributed by atoms with Gasteiger partial charge in [0.25, 0.3) is 0 Å². The zero-order valence-electron chi connectivity index (χ0n) is 9.90. The summed E-state index contributed by atoms with van der Waals surface area (Å²) >= 11 is 0. The molecule has 0 bridgehead atoms. The third kappa shape index (κ3) is 1.61. The summed E-state index contributed by atoms with van der Waals surface area (Å²) in [5.74, 6) is 0.900. The number of nitrogens with zero attached hydrogens (tertiary/aromatic N) is 2. The molecule has 0 spiro atoms. The lowest BCUT2D eigenvalue weighted by atomic mass is 10.1. The molecule has 0 unspecified atom stereocenters. The predicted octanol–water partition coefficient (Wildman–Crippen LogP) is 1.88. The van der Waals surface area contributed by atoms with Crippen molar-refractivity contribution >= 4 is 16.8 Å². The number of nitrogens with one attached hydrogen (secondary N) is 1. The van der Waals surface area contributed by atoms with Gasteiger partial charge in [-0.3, -0.25) is 4.40 Å². The van der Waals surface area contributed by atoms with E-state index < -0.39 is 0 Å². The number of aromatic amines is 1. The number of aromatic nitrogens is 3. The number of fused-ring (bicyclic) bond motifs is 3. The minimum absolute atomic E-state index is 0.654. The lowest BCUT2D eigenvalue weighted by molar-refractivity contribution is 0.936. The Morgan fingerprint density at radius 3 is 3.06 bits per heavy atom. The zero-order chi connectivity index (χ0) is 11.8. The Kier molecular flexibility index (Phi) is 2.37. The fourth-order valence-electron chi connectivity index (χ4n) is 2.20. The molecule has 0 aliphatic carbocycles. The average Bonchev–Trinajstić information content (AvgIpc) is 2.85. The maximum Gasteiger partial charge on any atom is 0.212 e. The molecule has 3 rings (SSSR count). The molecule has 0 aliphatic heterocycles. The van der Waals surface area contributed by atoms with E-state index in [2.05, 4.69) is 45.7 Å². The van der Waals surface area contributed by atoms with Crippen molar-refractivity contribution in [1.29, 1.82) is 0 Å². The van der Waals surface area contributed by atoms with Gasteiger partial charge in [-0.15, -0.1) is 0 Å². The van der Waals surface area contributed by atoms with Crippen LogP contribution in [0.1, 0.15) is 18.2 Å². The summed E-state index contributed by atoms with van der Waals surface area (Å²) in [5, 5.41) is 0. The number of nitrogens with two attached hydrogens (primary N) is 1. The van der Waals surface area contributed by atoms with E-state index in [1.54, 1.807) is 0 Å². The molecule has 0 fully saturated rings. The number of H-pyrrole nitrogens is 1. The van der Waals surface area contributed by atoms with Crippen molar-refractivity contribution in [1.82, 2.24) is 14.4 Å². The molecule has 4 heteroatoms. The van der Waals surface area contributed by atoms with Crippen LogP contribution in [0.3, 0.4) is 0 Å². The highest BCUT2D eigenvalue weighted by Crippen LogP contribution is 2.18. The standard InChI is InChI=1S/C13H16N4/c1-2-9-3-4-12-11(7-9)16-13-15-10(5-6-14)8-17(12)13/h3-4,7-8H,2,5-6,14H2,1H3,(H,15,16). The van der Waals surface area contributed by atoms with Crippen LogP contribution in [0, 0.1) is 0 Å². The molecule has 3 aromatic rings. The Balaban J connectivity index is 2.19. The summed E-state index contributed by atoms with van der Waals surface area (Å²) in [5.41, 5.74) is 10.2. The van der Waals surface area contributed by atoms with E-state index in [0.717, 1.165) is 35.3 Å². The van der Waals surface area contributed by atoms with Gasteiger partial charge in [0, 0.05) is 18.3 Å². The Morgan fingerprint density at radius 2 is 2.29 bits per heavy atom. The van der Waals surface area contributed by atoms with Crippen LogP contribution in [0.15, 0.2) is 24.4 Å². The highest BCUT2D eigenvalue weighted by Gasteiger charge is 2.07. The molecular formula is C13H16N4. The first-order chi connectivity index (χ1) is 8.31. The second-order valence-corrected chi connectivity index (χ2v) is 4.30. The number of imidazole rings is 2. The van der Waals surface area contributed by atoms with Crippen LogP contribution < -0.4 is 5.73 Å². The Hall–Kier alpha value is -1.81. The molecule has 88 valence electrons. The van der Waals surface area contributed by atoms with Crippen molar-refractivity contribution in [2.75, 3.05) is 6.54 Å². The minimum Gasteiger partial charge on any atom is -0.330 e. The lowest BCUT2D eigenvalue weighted by Crippen LogP contribution is -2.02. The first kappa shape index (κ1) is 10.4. The van der Waals surface area contributed by atoms with Crippen molar-refractivity contribution in [3.63, 3.8) is 0 Å². The summed E-state index contributed by atoms with van der Waals surface area (Å²) in [6, 6.07) is 6.44. The lowest BCUT2D eigenvalue weighted by Gasteiger charge is -1.96. The summed E-state index contributed by atoms with van der Waals surface area (Å²) in [7, 11) is 0. The first-order valence-electron chi connectivity index (χ1n) is 6.00. The van der Waals surface area contributed by atoms with Crippen LogP contribution in [0.2, 0.25) is 0 Å². The van der Waals surface area contributed by atoms with Crippen molar-refractivity contribution in [2.45, 2.75) is 19.8 Å². The van der Waals surface area contributed by atoms with E-state index in [0.29, 0.717) is 6.54 Å². The molecule has 2 aromatic heterocycles. The fraction of sp³-hybridized carbons (Fsp3) is 0.308. The van der Waals surface area contributed by atoms with Gasteiger partial charge in [0.05, 0.1) is 11.0 Å². The van der Waals surface area contributed by atoms with E-state index >= 15 is 0 Å². The van der Waals surface area contributed by atoms with Gasteiger partial charge in [0.15, 0.2) is 0 Å². The molecule has 17 heavy (non-hydrogen) atoms. The average molecular weight is 228 g/mol. The van der Waals surface area contributed by atoms with Gasteiger partial charge < -0.3 is 10.7 Å². The van der Waals surface area contributed by atoms with E-state index in [1.807, 2.05) is 0 Å². The van der Waals surface area contributed by atoms with Crippen LogP contribution >= 0.6 is 0 Å². The van der Waals surface area contributed by atoms with Crippen molar-refractivity contribution < 1.29 is 0 Å². The minimum atomic E-state index is 0.654. The molecule has 0 saturated heterocycles. The molecule has 2 heterocycles. The van der Waals surface area contributed by atoms with Crippen molar-refractivity contribution in [2.24, 2.45) is 5.73 Å². The van der Waals surface area contributed by atoms with Gasteiger partial charge in [0.2, 0.25) is 5.78 Å². The molecule has 3 N–H and O–H groups in total. The number of hydrogen-bond acceptors (Lipinski definition) is 2. The normalized spacial score (nSPS) is 11.6. The number of rotatable bonds is 3. The summed E-state index contributed by atoms with van der Waals surface area (Å²) in [4.78, 5) is 7.89. The monoisotopic (exact) mass is 228 g/mol. The van der Waals surface area contributed by atoms with Gasteiger partial charge >= 0.3 is 0 Å². The third-order valence-electron chi connectivity index (χ3n) is 3.13. The SMILES string of the molecule is CCc1ccc2c(c1)nc1[nH]c(CCN)cn12. The van der Waals surface area contributed by atoms with Crippen molar-refractivity contribution in [3.05, 3.63) is 35.7 Å². The summed E-state index contributed by atoms with van der Waals surface area (Å²) in [6.45, 7) is 2.81. The molecule has 0 aliphatic rings. The van der Waals surface area contributed by atoms with Crippen molar-refractivity contribution in [3.8, 4) is 0 Å². The summed E-state index contributed by atoms with van der Waals surface area (Å²) in [6.07, 6.45) is 3.99. The molecule has 0 amide bonds. The zero-order valence-corrected chi connectivity index (χ0v) is 9.90. The van der Waals surface area contributed by atoms with E-state index in [-0.39, 0.29) is 0 Å². The predicted molar refractivity (Wildman–Crippen MR) is 69.2 cm³/mol. The van der Waals surface area contributed by atoms with Crippen LogP contribution in [0.5, 0.6) is 0 Å². The third-order valence-corrected chi connectivity index (χ3v) is 3.13. The number of benzene rings is 1. The van der Waals surface area contributed by atoms with Crippen LogP contribution in [0.4, 0.5) is 0 Å². The molecule has 1 aromatic carbocycles.